The van der Waals surface area contributed by atoms with Gasteiger partial charge in [-0.25, -0.2) is 4.98 Å². The van der Waals surface area contributed by atoms with Crippen LogP contribution in [-0.4, -0.2) is 35.0 Å². The average molecular weight is 258 g/mol. The number of alkyl halides is 1. The van der Waals surface area contributed by atoms with E-state index in [1.165, 1.54) is 0 Å². The molecule has 0 bridgehead atoms. The molecular weight excluding hydrogens is 238 g/mol. The van der Waals surface area contributed by atoms with E-state index in [1.807, 2.05) is 13.8 Å². The molecule has 0 fully saturated rings. The summed E-state index contributed by atoms with van der Waals surface area (Å²) in [5.74, 6) is 1.98. The average Bonchev–Trinajstić information content (AvgIpc) is 2.30. The molecule has 0 aliphatic heterocycles. The normalized spacial score (nSPS) is 10.6. The van der Waals surface area contributed by atoms with E-state index < -0.39 is 0 Å². The van der Waals surface area contributed by atoms with Gasteiger partial charge in [0.15, 0.2) is 0 Å². The first-order valence-corrected chi connectivity index (χ1v) is 6.51. The van der Waals surface area contributed by atoms with Crippen LogP contribution in [0.5, 0.6) is 5.88 Å². The zero-order valence-corrected chi connectivity index (χ0v) is 11.4. The number of ether oxygens (including phenoxy) is 1. The maximum atomic E-state index is 5.70. The molecule has 0 N–H and O–H groups in total. The van der Waals surface area contributed by atoms with E-state index >= 15 is 0 Å². The third kappa shape index (κ3) is 4.77. The fourth-order valence-electron chi connectivity index (χ4n) is 1.44. The van der Waals surface area contributed by atoms with Gasteiger partial charge >= 0.3 is 0 Å². The Morgan fingerprint density at radius 1 is 1.47 bits per heavy atom. The number of rotatable bonds is 7. The van der Waals surface area contributed by atoms with E-state index in [0.29, 0.717) is 17.7 Å². The van der Waals surface area contributed by atoms with Gasteiger partial charge in [0, 0.05) is 31.2 Å². The van der Waals surface area contributed by atoms with Crippen molar-refractivity contribution in [3.8, 4) is 5.88 Å². The Balaban J connectivity index is 2.73. The predicted octanol–water partition coefficient (Wildman–Crippen LogP) is 2.72. The van der Waals surface area contributed by atoms with Crippen LogP contribution >= 0.6 is 11.6 Å². The third-order valence-corrected chi connectivity index (χ3v) is 2.47. The lowest BCUT2D eigenvalue weighted by molar-refractivity contribution is 0.232. The Bertz CT molecular complexity index is 333. The smallest absolute Gasteiger partial charge is 0.228 e. The molecule has 1 heterocycles. The van der Waals surface area contributed by atoms with Gasteiger partial charge < -0.3 is 9.64 Å². The summed E-state index contributed by atoms with van der Waals surface area (Å²) in [6.45, 7) is 7.76. The lowest BCUT2D eigenvalue weighted by Crippen LogP contribution is -2.26. The summed E-state index contributed by atoms with van der Waals surface area (Å²) in [7, 11) is 0. The van der Waals surface area contributed by atoms with Gasteiger partial charge in [-0.3, -0.25) is 0 Å². The Hall–Kier alpha value is -1.03. The van der Waals surface area contributed by atoms with Crippen LogP contribution in [0.25, 0.3) is 0 Å². The van der Waals surface area contributed by atoms with E-state index in [9.17, 15) is 0 Å². The molecule has 0 atom stereocenters. The van der Waals surface area contributed by atoms with Gasteiger partial charge in [-0.15, -0.1) is 11.6 Å². The van der Waals surface area contributed by atoms with Crippen LogP contribution < -0.4 is 9.64 Å². The summed E-state index contributed by atoms with van der Waals surface area (Å²) in [5.41, 5.74) is 0. The van der Waals surface area contributed by atoms with Gasteiger partial charge in [-0.2, -0.15) is 4.98 Å². The zero-order valence-electron chi connectivity index (χ0n) is 10.7. The van der Waals surface area contributed by atoms with Crippen LogP contribution in [0.3, 0.4) is 0 Å². The van der Waals surface area contributed by atoms with Gasteiger partial charge in [0.2, 0.25) is 11.8 Å². The van der Waals surface area contributed by atoms with E-state index in [4.69, 9.17) is 16.3 Å². The second kappa shape index (κ2) is 7.33. The fourth-order valence-corrected chi connectivity index (χ4v) is 1.56. The number of hydrogen-bond donors (Lipinski definition) is 0. The first-order valence-electron chi connectivity index (χ1n) is 5.98. The summed E-state index contributed by atoms with van der Waals surface area (Å²) in [4.78, 5) is 10.7. The maximum absolute atomic E-state index is 5.70. The van der Waals surface area contributed by atoms with Gasteiger partial charge in [0.25, 0.3) is 0 Å². The van der Waals surface area contributed by atoms with Crippen molar-refractivity contribution in [1.82, 2.24) is 9.97 Å². The van der Waals surface area contributed by atoms with Gasteiger partial charge in [-0.05, 0) is 27.2 Å². The van der Waals surface area contributed by atoms with E-state index in [1.54, 1.807) is 12.3 Å². The van der Waals surface area contributed by atoms with E-state index in [0.717, 1.165) is 19.5 Å². The first kappa shape index (κ1) is 14.0. The Labute approximate surface area is 108 Å². The van der Waals surface area contributed by atoms with Crippen LogP contribution in [0.4, 0.5) is 5.95 Å². The number of aromatic nitrogens is 2. The number of hydrogen-bond acceptors (Lipinski definition) is 4. The number of halogens is 1. The molecule has 0 aliphatic carbocycles. The Morgan fingerprint density at radius 2 is 2.24 bits per heavy atom. The highest BCUT2D eigenvalue weighted by atomic mass is 35.5. The molecule has 1 aromatic rings. The summed E-state index contributed by atoms with van der Waals surface area (Å²) >= 11 is 5.70. The van der Waals surface area contributed by atoms with Gasteiger partial charge in [0.1, 0.15) is 0 Å². The standard InChI is InChI=1S/C12H20ClN3O/c1-4-16(9-5-7-13)12-14-8-6-11(15-12)17-10(2)3/h6,8,10H,4-5,7,9H2,1-3H3. The van der Waals surface area contributed by atoms with Gasteiger partial charge in [-0.1, -0.05) is 0 Å². The van der Waals surface area contributed by atoms with Crippen molar-refractivity contribution in [1.29, 1.82) is 0 Å². The molecule has 96 valence electrons. The van der Waals surface area contributed by atoms with Crippen molar-refractivity contribution in [2.45, 2.75) is 33.3 Å². The largest absolute Gasteiger partial charge is 0.475 e. The topological polar surface area (TPSA) is 38.2 Å². The van der Waals surface area contributed by atoms with Crippen molar-refractivity contribution in [2.24, 2.45) is 0 Å². The highest BCUT2D eigenvalue weighted by molar-refractivity contribution is 6.17. The Morgan fingerprint density at radius 3 is 2.82 bits per heavy atom. The van der Waals surface area contributed by atoms with Crippen molar-refractivity contribution in [2.75, 3.05) is 23.9 Å². The van der Waals surface area contributed by atoms with Crippen LogP contribution in [-0.2, 0) is 0 Å². The predicted molar refractivity (Wildman–Crippen MR) is 71.0 cm³/mol. The second-order valence-electron chi connectivity index (χ2n) is 3.98. The van der Waals surface area contributed by atoms with Crippen molar-refractivity contribution in [3.63, 3.8) is 0 Å². The molecule has 5 heteroatoms. The minimum absolute atomic E-state index is 0.121. The van der Waals surface area contributed by atoms with Crippen LogP contribution in [0.2, 0.25) is 0 Å². The fraction of sp³-hybridized carbons (Fsp3) is 0.667. The third-order valence-electron chi connectivity index (χ3n) is 2.20. The van der Waals surface area contributed by atoms with E-state index in [-0.39, 0.29) is 6.10 Å². The molecule has 0 saturated carbocycles. The van der Waals surface area contributed by atoms with Crippen LogP contribution in [0, 0.1) is 0 Å². The molecule has 0 spiro atoms. The number of nitrogens with zero attached hydrogens (tertiary/aromatic N) is 3. The zero-order chi connectivity index (χ0) is 12.7. The number of anilines is 1. The summed E-state index contributed by atoms with van der Waals surface area (Å²) in [5, 5.41) is 0. The molecule has 0 radical (unpaired) electrons. The lowest BCUT2D eigenvalue weighted by atomic mass is 10.4. The monoisotopic (exact) mass is 257 g/mol. The van der Waals surface area contributed by atoms with Crippen molar-refractivity contribution in [3.05, 3.63) is 12.3 Å². The summed E-state index contributed by atoms with van der Waals surface area (Å²) < 4.78 is 5.55. The molecule has 0 amide bonds. The van der Waals surface area contributed by atoms with Crippen molar-refractivity contribution >= 4 is 17.5 Å². The SMILES string of the molecule is CCN(CCCCl)c1nccc(OC(C)C)n1. The summed E-state index contributed by atoms with van der Waals surface area (Å²) in [6, 6.07) is 1.78. The Kier molecular flexibility index (Phi) is 6.05. The molecular formula is C12H20ClN3O. The maximum Gasteiger partial charge on any atom is 0.228 e. The first-order chi connectivity index (χ1) is 8.17. The van der Waals surface area contributed by atoms with Gasteiger partial charge in [0.05, 0.1) is 6.10 Å². The minimum Gasteiger partial charge on any atom is -0.475 e. The van der Waals surface area contributed by atoms with Crippen LogP contribution in [0.15, 0.2) is 12.3 Å². The molecule has 0 unspecified atom stereocenters. The molecule has 0 aromatic carbocycles. The lowest BCUT2D eigenvalue weighted by Gasteiger charge is -2.20. The highest BCUT2D eigenvalue weighted by Gasteiger charge is 2.08. The highest BCUT2D eigenvalue weighted by Crippen LogP contribution is 2.14. The minimum atomic E-state index is 0.121. The second-order valence-corrected chi connectivity index (χ2v) is 4.36. The quantitative estimate of drug-likeness (QED) is 0.704. The van der Waals surface area contributed by atoms with Crippen LogP contribution in [0.1, 0.15) is 27.2 Å². The van der Waals surface area contributed by atoms with E-state index in [2.05, 4.69) is 21.8 Å². The molecule has 0 saturated heterocycles. The molecule has 1 aromatic heterocycles. The molecule has 1 rings (SSSR count). The van der Waals surface area contributed by atoms with Crippen molar-refractivity contribution < 1.29 is 4.74 Å². The molecule has 17 heavy (non-hydrogen) atoms. The molecule has 0 aliphatic rings. The summed E-state index contributed by atoms with van der Waals surface area (Å²) in [6.07, 6.45) is 2.77. The molecule has 4 nitrogen and oxygen atoms in total.